The van der Waals surface area contributed by atoms with Crippen LogP contribution >= 0.6 is 0 Å². The highest BCUT2D eigenvalue weighted by molar-refractivity contribution is 7.91. The Kier molecular flexibility index (Phi) is 5.05. The lowest BCUT2D eigenvalue weighted by Gasteiger charge is -2.40. The maximum absolute atomic E-state index is 11.7. The summed E-state index contributed by atoms with van der Waals surface area (Å²) in [6, 6.07) is 8.39. The van der Waals surface area contributed by atoms with Crippen molar-refractivity contribution in [3.63, 3.8) is 0 Å². The van der Waals surface area contributed by atoms with Gasteiger partial charge in [-0.2, -0.15) is 0 Å². The van der Waals surface area contributed by atoms with Crippen LogP contribution in [0.5, 0.6) is 5.75 Å². The van der Waals surface area contributed by atoms with Gasteiger partial charge >= 0.3 is 0 Å². The van der Waals surface area contributed by atoms with E-state index in [0.29, 0.717) is 12.3 Å². The number of aliphatic imine (C=N–C) groups is 1. The molecule has 1 spiro atoms. The van der Waals surface area contributed by atoms with Crippen molar-refractivity contribution in [1.29, 1.82) is 0 Å². The average molecular weight is 392 g/mol. The number of para-hydroxylation sites is 1. The second-order valence-electron chi connectivity index (χ2n) is 8.15. The van der Waals surface area contributed by atoms with E-state index >= 15 is 0 Å². The number of guanidine groups is 1. The third kappa shape index (κ3) is 4.08. The van der Waals surface area contributed by atoms with E-state index in [1.165, 1.54) is 18.4 Å². The molecule has 1 saturated heterocycles. The van der Waals surface area contributed by atoms with Crippen molar-refractivity contribution >= 4 is 15.8 Å². The molecule has 1 aliphatic carbocycles. The Bertz CT molecular complexity index is 816. The molecule has 4 rings (SSSR count). The first-order valence-electron chi connectivity index (χ1n) is 9.94. The molecule has 2 aliphatic heterocycles. The van der Waals surface area contributed by atoms with Gasteiger partial charge in [0.1, 0.15) is 11.4 Å². The number of benzene rings is 1. The number of sulfone groups is 1. The van der Waals surface area contributed by atoms with Gasteiger partial charge in [0.25, 0.3) is 0 Å². The number of hydrogen-bond acceptors (Lipinski definition) is 4. The smallest absolute Gasteiger partial charge is 0.191 e. The predicted molar refractivity (Wildman–Crippen MR) is 107 cm³/mol. The van der Waals surface area contributed by atoms with Crippen LogP contribution in [-0.4, -0.2) is 45.1 Å². The molecule has 2 heterocycles. The Balaban J connectivity index is 1.45. The number of rotatable bonds is 3. The summed E-state index contributed by atoms with van der Waals surface area (Å²) in [5.74, 6) is 2.45. The number of nitrogens with one attached hydrogen (secondary N) is 2. The molecule has 2 fully saturated rings. The van der Waals surface area contributed by atoms with Gasteiger partial charge in [0.05, 0.1) is 17.5 Å². The van der Waals surface area contributed by atoms with Gasteiger partial charge in [-0.3, -0.25) is 4.99 Å². The van der Waals surface area contributed by atoms with Crippen molar-refractivity contribution in [3.8, 4) is 5.75 Å². The highest BCUT2D eigenvalue weighted by atomic mass is 32.2. The highest BCUT2D eigenvalue weighted by Crippen LogP contribution is 2.46. The van der Waals surface area contributed by atoms with Crippen molar-refractivity contribution < 1.29 is 13.2 Å². The van der Waals surface area contributed by atoms with E-state index in [4.69, 9.17) is 4.74 Å². The summed E-state index contributed by atoms with van der Waals surface area (Å²) in [6.45, 7) is 0.634. The lowest BCUT2D eigenvalue weighted by atomic mass is 9.86. The molecular formula is C20H29N3O3S. The Morgan fingerprint density at radius 3 is 2.78 bits per heavy atom. The number of fused-ring (bicyclic) bond motifs is 1. The molecule has 3 aliphatic rings. The first-order valence-corrected chi connectivity index (χ1v) is 11.8. The molecule has 1 saturated carbocycles. The topological polar surface area (TPSA) is 79.8 Å². The van der Waals surface area contributed by atoms with Crippen LogP contribution in [0.15, 0.2) is 29.3 Å². The third-order valence-electron chi connectivity index (χ3n) is 6.13. The van der Waals surface area contributed by atoms with Crippen LogP contribution in [0, 0.1) is 5.92 Å². The first kappa shape index (κ1) is 18.6. The zero-order chi connectivity index (χ0) is 18.9. The van der Waals surface area contributed by atoms with E-state index in [1.807, 2.05) is 12.1 Å². The van der Waals surface area contributed by atoms with Gasteiger partial charge in [-0.25, -0.2) is 8.42 Å². The second-order valence-corrected chi connectivity index (χ2v) is 10.4. The molecule has 27 heavy (non-hydrogen) atoms. The zero-order valence-electron chi connectivity index (χ0n) is 15.9. The lowest BCUT2D eigenvalue weighted by Crippen LogP contribution is -2.47. The summed E-state index contributed by atoms with van der Waals surface area (Å²) >= 11 is 0. The monoisotopic (exact) mass is 391 g/mol. The Morgan fingerprint density at radius 1 is 1.30 bits per heavy atom. The summed E-state index contributed by atoms with van der Waals surface area (Å²) in [5, 5.41) is 6.91. The zero-order valence-corrected chi connectivity index (χ0v) is 16.7. The molecule has 0 bridgehead atoms. The number of nitrogens with zero attached hydrogens (tertiary/aromatic N) is 1. The van der Waals surface area contributed by atoms with Gasteiger partial charge in [0.2, 0.25) is 0 Å². The third-order valence-corrected chi connectivity index (χ3v) is 7.97. The van der Waals surface area contributed by atoms with Crippen molar-refractivity contribution in [2.75, 3.05) is 25.1 Å². The predicted octanol–water partition coefficient (Wildman–Crippen LogP) is 2.42. The molecule has 0 aromatic heterocycles. The molecule has 1 aromatic rings. The Hall–Kier alpha value is -1.76. The maximum Gasteiger partial charge on any atom is 0.191 e. The Morgan fingerprint density at radius 2 is 2.07 bits per heavy atom. The van der Waals surface area contributed by atoms with Crippen molar-refractivity contribution in [1.82, 2.24) is 10.6 Å². The van der Waals surface area contributed by atoms with Gasteiger partial charge < -0.3 is 15.4 Å². The van der Waals surface area contributed by atoms with Gasteiger partial charge in [-0.15, -0.1) is 0 Å². The van der Waals surface area contributed by atoms with E-state index in [1.54, 1.807) is 7.05 Å². The van der Waals surface area contributed by atoms with E-state index in [9.17, 15) is 8.42 Å². The molecular weight excluding hydrogens is 362 g/mol. The van der Waals surface area contributed by atoms with E-state index in [0.717, 1.165) is 37.4 Å². The van der Waals surface area contributed by atoms with Gasteiger partial charge in [-0.05, 0) is 44.1 Å². The fraction of sp³-hybridized carbons (Fsp3) is 0.650. The largest absolute Gasteiger partial charge is 0.487 e. The summed E-state index contributed by atoms with van der Waals surface area (Å²) in [6.07, 6.45) is 6.31. The van der Waals surface area contributed by atoms with Crippen LogP contribution in [0.3, 0.4) is 0 Å². The molecule has 1 aromatic carbocycles. The maximum atomic E-state index is 11.7. The highest BCUT2D eigenvalue weighted by Gasteiger charge is 2.43. The second kappa shape index (κ2) is 7.34. The normalized spacial score (nSPS) is 28.6. The summed E-state index contributed by atoms with van der Waals surface area (Å²) in [4.78, 5) is 4.37. The van der Waals surface area contributed by atoms with E-state index in [-0.39, 0.29) is 23.3 Å². The van der Waals surface area contributed by atoms with Crippen LogP contribution in [0.25, 0.3) is 0 Å². The minimum absolute atomic E-state index is 0.0651. The first-order chi connectivity index (χ1) is 13.0. The van der Waals surface area contributed by atoms with Gasteiger partial charge in [0, 0.05) is 25.6 Å². The molecule has 6 nitrogen and oxygen atoms in total. The fourth-order valence-electron chi connectivity index (χ4n) is 4.71. The van der Waals surface area contributed by atoms with Crippen molar-refractivity contribution in [2.45, 2.75) is 50.2 Å². The van der Waals surface area contributed by atoms with Crippen LogP contribution in [0.4, 0.5) is 0 Å². The molecule has 0 amide bonds. The van der Waals surface area contributed by atoms with Crippen LogP contribution in [0.1, 0.15) is 50.1 Å². The summed E-state index contributed by atoms with van der Waals surface area (Å²) < 4.78 is 29.8. The molecule has 2 unspecified atom stereocenters. The summed E-state index contributed by atoms with van der Waals surface area (Å²) in [5.41, 5.74) is 1.10. The lowest BCUT2D eigenvalue weighted by molar-refractivity contribution is 0.0396. The van der Waals surface area contributed by atoms with Crippen molar-refractivity contribution in [2.24, 2.45) is 10.9 Å². The molecule has 7 heteroatoms. The van der Waals surface area contributed by atoms with E-state index in [2.05, 4.69) is 27.8 Å². The molecule has 0 radical (unpaired) electrons. The average Bonchev–Trinajstić information content (AvgIpc) is 3.24. The van der Waals surface area contributed by atoms with Crippen LogP contribution in [-0.2, 0) is 9.84 Å². The van der Waals surface area contributed by atoms with Crippen molar-refractivity contribution in [3.05, 3.63) is 29.8 Å². The Labute approximate surface area is 161 Å². The summed E-state index contributed by atoms with van der Waals surface area (Å²) in [7, 11) is -1.09. The molecule has 2 N–H and O–H groups in total. The standard InChI is InChI=1S/C20H29N3O3S/c1-21-19(22-13-15-8-11-27(24,25)14-15)23-17-12-20(9-4-5-10-20)26-18-7-3-2-6-16(17)18/h2-3,6-7,15,17H,4-5,8-14H2,1H3,(H2,21,22,23). The van der Waals surface area contributed by atoms with Crippen LogP contribution in [0.2, 0.25) is 0 Å². The van der Waals surface area contributed by atoms with Crippen LogP contribution < -0.4 is 15.4 Å². The quantitative estimate of drug-likeness (QED) is 0.611. The van der Waals surface area contributed by atoms with Gasteiger partial charge in [0.15, 0.2) is 15.8 Å². The van der Waals surface area contributed by atoms with Gasteiger partial charge in [-0.1, -0.05) is 18.2 Å². The minimum Gasteiger partial charge on any atom is -0.487 e. The SMILES string of the molecule is CN=C(NCC1CCS(=O)(=O)C1)NC1CC2(CCCC2)Oc2ccccc21. The number of hydrogen-bond donors (Lipinski definition) is 2. The fourth-order valence-corrected chi connectivity index (χ4v) is 6.57. The number of ether oxygens (including phenoxy) is 1. The minimum atomic E-state index is -2.85. The molecule has 2 atom stereocenters. The molecule has 148 valence electrons. The van der Waals surface area contributed by atoms with E-state index < -0.39 is 9.84 Å².